The number of hydrogen-bond donors (Lipinski definition) is 1. The van der Waals surface area contributed by atoms with Crippen molar-refractivity contribution in [1.29, 1.82) is 0 Å². The molecule has 1 N–H and O–H groups in total. The second-order valence-electron chi connectivity index (χ2n) is 4.64. The summed E-state index contributed by atoms with van der Waals surface area (Å²) in [6.07, 6.45) is 2.24. The summed E-state index contributed by atoms with van der Waals surface area (Å²) in [6, 6.07) is 7.67. The lowest BCUT2D eigenvalue weighted by Crippen LogP contribution is -2.25. The Morgan fingerprint density at radius 3 is 2.47 bits per heavy atom. The fourth-order valence-corrected chi connectivity index (χ4v) is 2.14. The molecule has 1 aliphatic heterocycles. The Bertz CT molecular complexity index is 329. The van der Waals surface area contributed by atoms with E-state index in [1.54, 1.807) is 6.92 Å². The van der Waals surface area contributed by atoms with Crippen molar-refractivity contribution in [1.82, 2.24) is 4.90 Å². The molecule has 0 aliphatic carbocycles. The van der Waals surface area contributed by atoms with Crippen molar-refractivity contribution in [2.24, 2.45) is 0 Å². The number of hydrogen-bond acceptors (Lipinski definition) is 3. The topological polar surface area (TPSA) is 32.7 Å². The average Bonchev–Trinajstić information content (AvgIpc) is 2.83. The first-order chi connectivity index (χ1) is 8.25. The first-order valence-electron chi connectivity index (χ1n) is 6.39. The molecule has 17 heavy (non-hydrogen) atoms. The summed E-state index contributed by atoms with van der Waals surface area (Å²) < 4.78 is 5.68. The third-order valence-electron chi connectivity index (χ3n) is 3.24. The van der Waals surface area contributed by atoms with Gasteiger partial charge in [-0.25, -0.2) is 0 Å². The fraction of sp³-hybridized carbons (Fsp3) is 0.571. The highest BCUT2D eigenvalue weighted by Gasteiger charge is 2.10. The summed E-state index contributed by atoms with van der Waals surface area (Å²) >= 11 is 0. The van der Waals surface area contributed by atoms with Crippen LogP contribution in [0.5, 0.6) is 5.75 Å². The molecular formula is C14H21NO2. The van der Waals surface area contributed by atoms with Gasteiger partial charge in [-0.2, -0.15) is 0 Å². The maximum absolute atomic E-state index is 9.39. The molecular weight excluding hydrogens is 214 g/mol. The minimum absolute atomic E-state index is 0.409. The number of ether oxygens (including phenoxy) is 1. The summed E-state index contributed by atoms with van der Waals surface area (Å²) in [5, 5.41) is 9.39. The highest BCUT2D eigenvalue weighted by atomic mass is 16.5. The van der Waals surface area contributed by atoms with E-state index in [0.29, 0.717) is 0 Å². The van der Waals surface area contributed by atoms with Crippen molar-refractivity contribution in [3.05, 3.63) is 29.8 Å². The minimum atomic E-state index is -0.409. The van der Waals surface area contributed by atoms with Crippen molar-refractivity contribution >= 4 is 0 Å². The molecule has 0 saturated carbocycles. The first-order valence-corrected chi connectivity index (χ1v) is 6.39. The summed E-state index contributed by atoms with van der Waals surface area (Å²) in [5.74, 6) is 0.883. The Labute approximate surface area is 103 Å². The van der Waals surface area contributed by atoms with Gasteiger partial charge in [-0.3, -0.25) is 4.90 Å². The van der Waals surface area contributed by atoms with Crippen LogP contribution in [0, 0.1) is 0 Å². The average molecular weight is 235 g/mol. The Balaban J connectivity index is 1.74. The zero-order chi connectivity index (χ0) is 12.1. The largest absolute Gasteiger partial charge is 0.492 e. The SMILES string of the molecule is CC(O)c1ccc(OCCN2CCCC2)cc1. The molecule has 0 spiro atoms. The van der Waals surface area contributed by atoms with Crippen molar-refractivity contribution in [3.8, 4) is 5.75 Å². The highest BCUT2D eigenvalue weighted by Crippen LogP contribution is 2.17. The van der Waals surface area contributed by atoms with Gasteiger partial charge < -0.3 is 9.84 Å². The Morgan fingerprint density at radius 1 is 1.24 bits per heavy atom. The zero-order valence-electron chi connectivity index (χ0n) is 10.4. The monoisotopic (exact) mass is 235 g/mol. The Morgan fingerprint density at radius 2 is 1.88 bits per heavy atom. The van der Waals surface area contributed by atoms with E-state index >= 15 is 0 Å². The van der Waals surface area contributed by atoms with Crippen LogP contribution >= 0.6 is 0 Å². The Kier molecular flexibility index (Phi) is 4.40. The van der Waals surface area contributed by atoms with Gasteiger partial charge in [0.15, 0.2) is 0 Å². The maximum atomic E-state index is 9.39. The smallest absolute Gasteiger partial charge is 0.119 e. The van der Waals surface area contributed by atoms with Crippen molar-refractivity contribution in [3.63, 3.8) is 0 Å². The molecule has 1 aliphatic rings. The number of rotatable bonds is 5. The summed E-state index contributed by atoms with van der Waals surface area (Å²) in [5.41, 5.74) is 0.928. The van der Waals surface area contributed by atoms with E-state index in [-0.39, 0.29) is 0 Å². The molecule has 94 valence electrons. The molecule has 1 fully saturated rings. The van der Waals surface area contributed by atoms with E-state index in [1.807, 2.05) is 24.3 Å². The number of benzene rings is 1. The molecule has 0 aromatic heterocycles. The van der Waals surface area contributed by atoms with Crippen LogP contribution in [-0.4, -0.2) is 36.2 Å². The van der Waals surface area contributed by atoms with Crippen molar-refractivity contribution < 1.29 is 9.84 Å². The Hall–Kier alpha value is -1.06. The number of aliphatic hydroxyl groups is 1. The van der Waals surface area contributed by atoms with Crippen LogP contribution in [0.2, 0.25) is 0 Å². The number of likely N-dealkylation sites (tertiary alicyclic amines) is 1. The minimum Gasteiger partial charge on any atom is -0.492 e. The molecule has 1 saturated heterocycles. The van der Waals surface area contributed by atoms with Gasteiger partial charge in [-0.05, 0) is 50.6 Å². The molecule has 0 amide bonds. The molecule has 0 radical (unpaired) electrons. The van der Waals surface area contributed by atoms with Crippen LogP contribution in [0.25, 0.3) is 0 Å². The normalized spacial score (nSPS) is 18.2. The molecule has 1 unspecified atom stereocenters. The van der Waals surface area contributed by atoms with E-state index < -0.39 is 6.10 Å². The van der Waals surface area contributed by atoms with Gasteiger partial charge in [0, 0.05) is 6.54 Å². The van der Waals surface area contributed by atoms with Crippen molar-refractivity contribution in [2.45, 2.75) is 25.9 Å². The van der Waals surface area contributed by atoms with E-state index in [9.17, 15) is 5.11 Å². The number of aliphatic hydroxyl groups excluding tert-OH is 1. The number of nitrogens with zero attached hydrogens (tertiary/aromatic N) is 1. The summed E-state index contributed by atoms with van der Waals surface area (Å²) in [4.78, 5) is 2.43. The highest BCUT2D eigenvalue weighted by molar-refractivity contribution is 5.28. The third-order valence-corrected chi connectivity index (χ3v) is 3.24. The van der Waals surface area contributed by atoms with Gasteiger partial charge in [0.05, 0.1) is 6.10 Å². The van der Waals surface area contributed by atoms with Gasteiger partial charge in [-0.1, -0.05) is 12.1 Å². The lowest BCUT2D eigenvalue weighted by molar-refractivity contribution is 0.199. The van der Waals surface area contributed by atoms with Gasteiger partial charge in [-0.15, -0.1) is 0 Å². The third kappa shape index (κ3) is 3.72. The van der Waals surface area contributed by atoms with Gasteiger partial charge >= 0.3 is 0 Å². The summed E-state index contributed by atoms with van der Waals surface area (Å²) in [6.45, 7) is 5.95. The zero-order valence-corrected chi connectivity index (χ0v) is 10.4. The quantitative estimate of drug-likeness (QED) is 0.849. The second-order valence-corrected chi connectivity index (χ2v) is 4.64. The molecule has 1 atom stereocenters. The standard InChI is InChI=1S/C14H21NO2/c1-12(16)13-4-6-14(7-5-13)17-11-10-15-8-2-3-9-15/h4-7,12,16H,2-3,8-11H2,1H3. The second kappa shape index (κ2) is 6.03. The molecule has 2 rings (SSSR count). The molecule has 3 nitrogen and oxygen atoms in total. The lowest BCUT2D eigenvalue weighted by Gasteiger charge is -2.15. The molecule has 1 heterocycles. The van der Waals surface area contributed by atoms with Crippen LogP contribution in [0.15, 0.2) is 24.3 Å². The van der Waals surface area contributed by atoms with E-state index in [4.69, 9.17) is 4.74 Å². The molecule has 0 bridgehead atoms. The molecule has 1 aromatic carbocycles. The first kappa shape index (κ1) is 12.4. The van der Waals surface area contributed by atoms with Gasteiger partial charge in [0.2, 0.25) is 0 Å². The predicted molar refractivity (Wildman–Crippen MR) is 68.2 cm³/mol. The summed E-state index contributed by atoms with van der Waals surface area (Å²) in [7, 11) is 0. The predicted octanol–water partition coefficient (Wildman–Crippen LogP) is 2.21. The van der Waals surface area contributed by atoms with Crippen molar-refractivity contribution in [2.75, 3.05) is 26.2 Å². The van der Waals surface area contributed by atoms with Gasteiger partial charge in [0.1, 0.15) is 12.4 Å². The fourth-order valence-electron chi connectivity index (χ4n) is 2.14. The molecule has 3 heteroatoms. The lowest BCUT2D eigenvalue weighted by atomic mass is 10.1. The van der Waals surface area contributed by atoms with Gasteiger partial charge in [0.25, 0.3) is 0 Å². The maximum Gasteiger partial charge on any atom is 0.119 e. The van der Waals surface area contributed by atoms with E-state index in [0.717, 1.165) is 24.5 Å². The van der Waals surface area contributed by atoms with Crippen LogP contribution < -0.4 is 4.74 Å². The van der Waals surface area contributed by atoms with Crippen LogP contribution in [0.3, 0.4) is 0 Å². The van der Waals surface area contributed by atoms with E-state index in [1.165, 1.54) is 25.9 Å². The molecule has 1 aromatic rings. The van der Waals surface area contributed by atoms with Crippen LogP contribution in [-0.2, 0) is 0 Å². The van der Waals surface area contributed by atoms with Crippen LogP contribution in [0.4, 0.5) is 0 Å². The van der Waals surface area contributed by atoms with Crippen LogP contribution in [0.1, 0.15) is 31.4 Å². The van der Waals surface area contributed by atoms with E-state index in [2.05, 4.69) is 4.90 Å².